The lowest BCUT2D eigenvalue weighted by Gasteiger charge is -2.11. The van der Waals surface area contributed by atoms with Gasteiger partial charge in [0.05, 0.1) is 12.3 Å². The van der Waals surface area contributed by atoms with Crippen LogP contribution >= 0.6 is 11.8 Å². The molecule has 0 unspecified atom stereocenters. The van der Waals surface area contributed by atoms with Crippen molar-refractivity contribution in [3.8, 4) is 11.4 Å². The molecule has 5 aromatic rings. The van der Waals surface area contributed by atoms with Gasteiger partial charge in [0.1, 0.15) is 0 Å². The van der Waals surface area contributed by atoms with Crippen LogP contribution in [-0.4, -0.2) is 31.4 Å². The van der Waals surface area contributed by atoms with Crippen molar-refractivity contribution < 1.29 is 4.79 Å². The minimum atomic E-state index is -0.0893. The van der Waals surface area contributed by atoms with Crippen molar-refractivity contribution in [3.63, 3.8) is 0 Å². The Hall–Kier alpha value is -3.97. The summed E-state index contributed by atoms with van der Waals surface area (Å²) in [6.07, 6.45) is 3.50. The fraction of sp³-hybridized carbons (Fsp3) is 0.0769. The van der Waals surface area contributed by atoms with Crippen LogP contribution in [-0.2, 0) is 11.3 Å². The molecule has 0 atom stereocenters. The number of benzene rings is 3. The molecule has 0 aliphatic carbocycles. The van der Waals surface area contributed by atoms with Gasteiger partial charge in [-0.2, -0.15) is 0 Å². The third-order valence-electron chi connectivity index (χ3n) is 5.22. The number of carbonyl (C=O) groups is 1. The number of hydrogen-bond acceptors (Lipinski definition) is 5. The highest BCUT2D eigenvalue weighted by molar-refractivity contribution is 7.99. The van der Waals surface area contributed by atoms with E-state index in [9.17, 15) is 4.79 Å². The molecular weight excluding hydrogens is 430 g/mol. The molecule has 0 aliphatic heterocycles. The molecule has 0 aliphatic rings. The van der Waals surface area contributed by atoms with Gasteiger partial charge < -0.3 is 5.32 Å². The van der Waals surface area contributed by atoms with Crippen molar-refractivity contribution in [3.05, 3.63) is 103 Å². The highest BCUT2D eigenvalue weighted by atomic mass is 32.2. The molecule has 5 rings (SSSR count). The third kappa shape index (κ3) is 4.78. The summed E-state index contributed by atoms with van der Waals surface area (Å²) in [6.45, 7) is 0.603. The van der Waals surface area contributed by atoms with Crippen LogP contribution in [0.4, 0.5) is 5.69 Å². The zero-order valence-corrected chi connectivity index (χ0v) is 18.6. The van der Waals surface area contributed by atoms with E-state index in [-0.39, 0.29) is 11.7 Å². The van der Waals surface area contributed by atoms with Crippen molar-refractivity contribution in [1.29, 1.82) is 0 Å². The second kappa shape index (κ2) is 9.67. The predicted octanol–water partition coefficient (Wildman–Crippen LogP) is 5.27. The first-order valence-electron chi connectivity index (χ1n) is 10.6. The van der Waals surface area contributed by atoms with E-state index in [0.717, 1.165) is 33.4 Å². The Morgan fingerprint density at radius 3 is 2.55 bits per heavy atom. The molecule has 1 amide bonds. The Kier molecular flexibility index (Phi) is 6.12. The van der Waals surface area contributed by atoms with Gasteiger partial charge in [-0.3, -0.25) is 14.3 Å². The van der Waals surface area contributed by atoms with Crippen LogP contribution in [0.2, 0.25) is 0 Å². The molecule has 162 valence electrons. The number of fused-ring (bicyclic) bond motifs is 1. The Morgan fingerprint density at radius 1 is 0.879 bits per heavy atom. The van der Waals surface area contributed by atoms with Gasteiger partial charge in [-0.1, -0.05) is 78.5 Å². The normalized spacial score (nSPS) is 10.9. The Balaban J connectivity index is 1.36. The van der Waals surface area contributed by atoms with E-state index >= 15 is 0 Å². The average molecular weight is 452 g/mol. The van der Waals surface area contributed by atoms with Crippen LogP contribution in [0.25, 0.3) is 22.2 Å². The molecule has 0 bridgehead atoms. The minimum absolute atomic E-state index is 0.0893. The van der Waals surface area contributed by atoms with E-state index in [4.69, 9.17) is 0 Å². The second-order valence-electron chi connectivity index (χ2n) is 7.48. The fourth-order valence-electron chi connectivity index (χ4n) is 3.66. The van der Waals surface area contributed by atoms with Gasteiger partial charge in [-0.25, -0.2) is 0 Å². The summed E-state index contributed by atoms with van der Waals surface area (Å²) >= 11 is 1.37. The summed E-state index contributed by atoms with van der Waals surface area (Å²) in [5.41, 5.74) is 2.82. The molecule has 33 heavy (non-hydrogen) atoms. The van der Waals surface area contributed by atoms with E-state index in [2.05, 4.69) is 32.6 Å². The standard InChI is InChI=1S/C26H21N5OS/c32-24(28-23-14-6-11-20-10-4-5-13-22(20)23)18-33-26-30-29-25(21-12-7-15-27-16-21)31(26)17-19-8-2-1-3-9-19/h1-16H,17-18H2,(H,28,32). The first-order chi connectivity index (χ1) is 16.3. The topological polar surface area (TPSA) is 72.7 Å². The summed E-state index contributed by atoms with van der Waals surface area (Å²) in [5.74, 6) is 0.862. The van der Waals surface area contributed by atoms with E-state index in [1.807, 2.05) is 77.4 Å². The SMILES string of the molecule is O=C(CSc1nnc(-c2cccnc2)n1Cc1ccccc1)Nc1cccc2ccccc12. The number of hydrogen-bond donors (Lipinski definition) is 1. The van der Waals surface area contributed by atoms with Crippen LogP contribution < -0.4 is 5.32 Å². The van der Waals surface area contributed by atoms with E-state index in [1.165, 1.54) is 11.8 Å². The summed E-state index contributed by atoms with van der Waals surface area (Å²) in [5, 5.41) is 14.6. The molecule has 0 spiro atoms. The highest BCUT2D eigenvalue weighted by Crippen LogP contribution is 2.26. The molecule has 2 heterocycles. The largest absolute Gasteiger partial charge is 0.325 e. The third-order valence-corrected chi connectivity index (χ3v) is 6.18. The average Bonchev–Trinajstić information content (AvgIpc) is 3.26. The molecule has 6 nitrogen and oxygen atoms in total. The van der Waals surface area contributed by atoms with Crippen molar-refractivity contribution in [2.75, 3.05) is 11.1 Å². The van der Waals surface area contributed by atoms with Crippen LogP contribution in [0, 0.1) is 0 Å². The van der Waals surface area contributed by atoms with E-state index in [1.54, 1.807) is 12.4 Å². The molecule has 0 saturated heterocycles. The van der Waals surface area contributed by atoms with Crippen LogP contribution in [0.1, 0.15) is 5.56 Å². The number of pyridine rings is 1. The summed E-state index contributed by atoms with van der Waals surface area (Å²) in [6, 6.07) is 27.9. The maximum atomic E-state index is 12.8. The second-order valence-corrected chi connectivity index (χ2v) is 8.43. The molecule has 3 aromatic carbocycles. The Bertz CT molecular complexity index is 1380. The number of anilines is 1. The molecule has 0 radical (unpaired) electrons. The molecule has 7 heteroatoms. The molecule has 0 saturated carbocycles. The first kappa shape index (κ1) is 20.9. The van der Waals surface area contributed by atoms with Crippen molar-refractivity contribution in [2.45, 2.75) is 11.7 Å². The number of aromatic nitrogens is 4. The summed E-state index contributed by atoms with van der Waals surface area (Å²) < 4.78 is 2.03. The zero-order valence-electron chi connectivity index (χ0n) is 17.8. The molecule has 0 fully saturated rings. The quantitative estimate of drug-likeness (QED) is 0.341. The van der Waals surface area contributed by atoms with Crippen LogP contribution in [0.15, 0.2) is 102 Å². The van der Waals surface area contributed by atoms with Gasteiger partial charge in [0.2, 0.25) is 5.91 Å². The number of nitrogens with zero attached hydrogens (tertiary/aromatic N) is 4. The van der Waals surface area contributed by atoms with Crippen LogP contribution in [0.3, 0.4) is 0 Å². The Morgan fingerprint density at radius 2 is 1.70 bits per heavy atom. The Labute approximate surface area is 195 Å². The van der Waals surface area contributed by atoms with Crippen molar-refractivity contribution in [1.82, 2.24) is 19.7 Å². The number of thioether (sulfide) groups is 1. The van der Waals surface area contributed by atoms with Gasteiger partial charge in [-0.05, 0) is 29.1 Å². The maximum Gasteiger partial charge on any atom is 0.234 e. The van der Waals surface area contributed by atoms with Gasteiger partial charge in [0.25, 0.3) is 0 Å². The lowest BCUT2D eigenvalue weighted by Crippen LogP contribution is -2.15. The number of nitrogens with one attached hydrogen (secondary N) is 1. The van der Waals surface area contributed by atoms with Gasteiger partial charge >= 0.3 is 0 Å². The molecule has 2 aromatic heterocycles. The van der Waals surface area contributed by atoms with Gasteiger partial charge in [0, 0.05) is 29.0 Å². The zero-order chi connectivity index (χ0) is 22.5. The maximum absolute atomic E-state index is 12.8. The fourth-order valence-corrected chi connectivity index (χ4v) is 4.40. The molecule has 1 N–H and O–H groups in total. The van der Waals surface area contributed by atoms with Crippen molar-refractivity contribution >= 4 is 34.1 Å². The predicted molar refractivity (Wildman–Crippen MR) is 132 cm³/mol. The number of carbonyl (C=O) groups excluding carboxylic acids is 1. The number of amides is 1. The van der Waals surface area contributed by atoms with Crippen LogP contribution in [0.5, 0.6) is 0 Å². The van der Waals surface area contributed by atoms with Gasteiger partial charge in [-0.15, -0.1) is 10.2 Å². The molecular formula is C26H21N5OS. The summed E-state index contributed by atoms with van der Waals surface area (Å²) in [4.78, 5) is 17.0. The smallest absolute Gasteiger partial charge is 0.234 e. The van der Waals surface area contributed by atoms with Crippen molar-refractivity contribution in [2.24, 2.45) is 0 Å². The van der Waals surface area contributed by atoms with E-state index < -0.39 is 0 Å². The van der Waals surface area contributed by atoms with Gasteiger partial charge in [0.15, 0.2) is 11.0 Å². The summed E-state index contributed by atoms with van der Waals surface area (Å²) in [7, 11) is 0. The highest BCUT2D eigenvalue weighted by Gasteiger charge is 2.16. The first-order valence-corrected chi connectivity index (χ1v) is 11.5. The van der Waals surface area contributed by atoms with E-state index in [0.29, 0.717) is 11.7 Å². The minimum Gasteiger partial charge on any atom is -0.325 e. The number of rotatable bonds is 7. The lowest BCUT2D eigenvalue weighted by molar-refractivity contribution is -0.113. The lowest BCUT2D eigenvalue weighted by atomic mass is 10.1. The monoisotopic (exact) mass is 451 g/mol.